The molecule has 2 fully saturated rings. The van der Waals surface area contributed by atoms with Crippen LogP contribution in [0.1, 0.15) is 45.6 Å². The second-order valence-corrected chi connectivity index (χ2v) is 8.96. The zero-order chi connectivity index (χ0) is 20.3. The number of carbonyl (C=O) groups excluding carboxylic acids is 2. The summed E-state index contributed by atoms with van der Waals surface area (Å²) in [5, 5.41) is 3.01. The lowest BCUT2D eigenvalue weighted by Gasteiger charge is -2.32. The van der Waals surface area contributed by atoms with Gasteiger partial charge in [-0.1, -0.05) is 6.07 Å². The number of ether oxygens (including phenoxy) is 1. The van der Waals surface area contributed by atoms with Crippen molar-refractivity contribution >= 4 is 17.5 Å². The van der Waals surface area contributed by atoms with Crippen molar-refractivity contribution in [1.29, 1.82) is 0 Å². The number of carbonyl (C=O) groups is 2. The molecule has 1 aromatic rings. The second-order valence-electron chi connectivity index (χ2n) is 8.96. The van der Waals surface area contributed by atoms with Crippen molar-refractivity contribution in [1.82, 2.24) is 9.80 Å². The number of benzene rings is 1. The number of likely N-dealkylation sites (tertiary alicyclic amines) is 2. The molecule has 1 N–H and O–H groups in total. The topological polar surface area (TPSA) is 61.9 Å². The van der Waals surface area contributed by atoms with E-state index < -0.39 is 0 Å². The summed E-state index contributed by atoms with van der Waals surface area (Å²) in [7, 11) is 0. The van der Waals surface area contributed by atoms with Gasteiger partial charge < -0.3 is 15.0 Å². The highest BCUT2D eigenvalue weighted by molar-refractivity contribution is 5.98. The minimum Gasteiger partial charge on any atom is -0.490 e. The van der Waals surface area contributed by atoms with Crippen LogP contribution in [0, 0.1) is 12.8 Å². The summed E-state index contributed by atoms with van der Waals surface area (Å²) in [5.41, 5.74) is 1.48. The number of anilines is 1. The Labute approximate surface area is 168 Å². The molecule has 6 nitrogen and oxygen atoms in total. The smallest absolute Gasteiger partial charge is 0.229 e. The molecule has 3 rings (SSSR count). The monoisotopic (exact) mass is 387 g/mol. The highest BCUT2D eigenvalue weighted by Gasteiger charge is 2.39. The molecule has 0 unspecified atom stereocenters. The van der Waals surface area contributed by atoms with E-state index in [2.05, 4.69) is 10.2 Å². The van der Waals surface area contributed by atoms with Crippen molar-refractivity contribution in [2.45, 2.75) is 52.5 Å². The molecule has 1 atom stereocenters. The van der Waals surface area contributed by atoms with Gasteiger partial charge in [0.25, 0.3) is 0 Å². The number of hydrogen-bond acceptors (Lipinski definition) is 4. The van der Waals surface area contributed by atoms with Crippen LogP contribution >= 0.6 is 0 Å². The first-order valence-corrected chi connectivity index (χ1v) is 10.3. The maximum Gasteiger partial charge on any atom is 0.229 e. The lowest BCUT2D eigenvalue weighted by atomic mass is 10.1. The van der Waals surface area contributed by atoms with Crippen LogP contribution in [0.15, 0.2) is 18.2 Å². The molecule has 0 aromatic heterocycles. The lowest BCUT2D eigenvalue weighted by molar-refractivity contribution is -0.131. The van der Waals surface area contributed by atoms with Gasteiger partial charge in [0, 0.05) is 25.0 Å². The zero-order valence-corrected chi connectivity index (χ0v) is 17.6. The average molecular weight is 388 g/mol. The Bertz CT molecular complexity index is 720. The summed E-state index contributed by atoms with van der Waals surface area (Å²) < 4.78 is 5.98. The average Bonchev–Trinajstić information content (AvgIpc) is 3.26. The van der Waals surface area contributed by atoms with Crippen molar-refractivity contribution in [2.75, 3.05) is 38.1 Å². The third kappa shape index (κ3) is 5.04. The standard InChI is InChI=1S/C22H33N3O3/c1-16-7-8-19(28-12-11-24-9-5-6-10-24)18(13-16)23-21(27)17-14-20(26)25(15-17)22(2,3)4/h7-8,13,17H,5-6,9-12,14-15H2,1-4H3,(H,23,27)/t17-/m0/s1. The van der Waals surface area contributed by atoms with E-state index in [0.29, 0.717) is 24.6 Å². The van der Waals surface area contributed by atoms with Crippen molar-refractivity contribution in [3.63, 3.8) is 0 Å². The molecule has 2 saturated heterocycles. The van der Waals surface area contributed by atoms with Crippen molar-refractivity contribution in [3.05, 3.63) is 23.8 Å². The molecule has 0 bridgehead atoms. The maximum atomic E-state index is 12.8. The van der Waals surface area contributed by atoms with E-state index in [1.165, 1.54) is 12.8 Å². The van der Waals surface area contributed by atoms with Gasteiger partial charge in [-0.05, 0) is 71.3 Å². The number of nitrogens with one attached hydrogen (secondary N) is 1. The predicted octanol–water partition coefficient (Wildman–Crippen LogP) is 3.06. The van der Waals surface area contributed by atoms with Gasteiger partial charge in [0.15, 0.2) is 0 Å². The first-order valence-electron chi connectivity index (χ1n) is 10.3. The summed E-state index contributed by atoms with van der Waals surface area (Å²) in [6.07, 6.45) is 2.79. The van der Waals surface area contributed by atoms with E-state index in [0.717, 1.165) is 25.2 Å². The second kappa shape index (κ2) is 8.52. The molecule has 1 aromatic carbocycles. The quantitative estimate of drug-likeness (QED) is 0.815. The summed E-state index contributed by atoms with van der Waals surface area (Å²) in [5.74, 6) is 0.286. The molecule has 2 amide bonds. The normalized spacial score (nSPS) is 20.6. The molecule has 28 heavy (non-hydrogen) atoms. The highest BCUT2D eigenvalue weighted by atomic mass is 16.5. The molecule has 6 heteroatoms. The number of amides is 2. The van der Waals surface area contributed by atoms with Crippen LogP contribution < -0.4 is 10.1 Å². The Hall–Kier alpha value is -2.08. The summed E-state index contributed by atoms with van der Waals surface area (Å²) in [6.45, 7) is 12.2. The molecule has 2 aliphatic rings. The molecule has 0 aliphatic carbocycles. The van der Waals surface area contributed by atoms with Crippen molar-refractivity contribution in [2.24, 2.45) is 5.92 Å². The highest BCUT2D eigenvalue weighted by Crippen LogP contribution is 2.30. The van der Waals surface area contributed by atoms with E-state index >= 15 is 0 Å². The SMILES string of the molecule is Cc1ccc(OCCN2CCCC2)c(NC(=O)[C@H]2CC(=O)N(C(C)(C)C)C2)c1. The summed E-state index contributed by atoms with van der Waals surface area (Å²) >= 11 is 0. The van der Waals surface area contributed by atoms with Gasteiger partial charge >= 0.3 is 0 Å². The fraction of sp³-hybridized carbons (Fsp3) is 0.636. The van der Waals surface area contributed by atoms with E-state index in [1.807, 2.05) is 45.9 Å². The van der Waals surface area contributed by atoms with E-state index in [4.69, 9.17) is 4.74 Å². The first kappa shape index (κ1) is 20.6. The molecule has 2 aliphatic heterocycles. The van der Waals surface area contributed by atoms with Crippen LogP contribution in [0.3, 0.4) is 0 Å². The molecule has 0 spiro atoms. The zero-order valence-electron chi connectivity index (χ0n) is 17.6. The van der Waals surface area contributed by atoms with Gasteiger partial charge in [-0.25, -0.2) is 0 Å². The van der Waals surface area contributed by atoms with Crippen LogP contribution in [0.5, 0.6) is 5.75 Å². The van der Waals surface area contributed by atoms with E-state index in [-0.39, 0.29) is 29.7 Å². The van der Waals surface area contributed by atoms with Crippen molar-refractivity contribution < 1.29 is 14.3 Å². The van der Waals surface area contributed by atoms with Gasteiger partial charge in [0.05, 0.1) is 11.6 Å². The Morgan fingerprint density at radius 1 is 1.25 bits per heavy atom. The van der Waals surface area contributed by atoms with Crippen LogP contribution in [0.4, 0.5) is 5.69 Å². The molecular formula is C22H33N3O3. The van der Waals surface area contributed by atoms with Crippen molar-refractivity contribution in [3.8, 4) is 5.75 Å². The van der Waals surface area contributed by atoms with E-state index in [9.17, 15) is 9.59 Å². The number of rotatable bonds is 6. The fourth-order valence-electron chi connectivity index (χ4n) is 3.92. The molecule has 0 saturated carbocycles. The van der Waals surface area contributed by atoms with Gasteiger partial charge in [-0.2, -0.15) is 0 Å². The maximum absolute atomic E-state index is 12.8. The number of nitrogens with zero attached hydrogens (tertiary/aromatic N) is 2. The first-order chi connectivity index (χ1) is 13.2. The number of aryl methyl sites for hydroxylation is 1. The summed E-state index contributed by atoms with van der Waals surface area (Å²) in [6, 6.07) is 5.83. The Kier molecular flexibility index (Phi) is 6.28. The molecule has 0 radical (unpaired) electrons. The third-order valence-corrected chi connectivity index (χ3v) is 5.56. The van der Waals surface area contributed by atoms with Crippen LogP contribution in [-0.4, -0.2) is 59.9 Å². The minimum atomic E-state index is -0.329. The Balaban J connectivity index is 1.62. The van der Waals surface area contributed by atoms with Gasteiger partial charge in [0.1, 0.15) is 12.4 Å². The van der Waals surface area contributed by atoms with E-state index in [1.54, 1.807) is 4.90 Å². The van der Waals surface area contributed by atoms with Gasteiger partial charge in [0.2, 0.25) is 11.8 Å². The molecule has 2 heterocycles. The van der Waals surface area contributed by atoms with Gasteiger partial charge in [-0.3, -0.25) is 14.5 Å². The third-order valence-electron chi connectivity index (χ3n) is 5.56. The summed E-state index contributed by atoms with van der Waals surface area (Å²) in [4.78, 5) is 29.3. The van der Waals surface area contributed by atoms with Crippen LogP contribution in [0.25, 0.3) is 0 Å². The largest absolute Gasteiger partial charge is 0.490 e. The molecular weight excluding hydrogens is 354 g/mol. The Morgan fingerprint density at radius 2 is 1.96 bits per heavy atom. The predicted molar refractivity (Wildman–Crippen MR) is 111 cm³/mol. The lowest BCUT2D eigenvalue weighted by Crippen LogP contribution is -2.42. The van der Waals surface area contributed by atoms with Gasteiger partial charge in [-0.15, -0.1) is 0 Å². The van der Waals surface area contributed by atoms with Crippen LogP contribution in [0.2, 0.25) is 0 Å². The minimum absolute atomic E-state index is 0.0407. The molecule has 154 valence electrons. The number of hydrogen-bond donors (Lipinski definition) is 1. The Morgan fingerprint density at radius 3 is 2.61 bits per heavy atom. The fourth-order valence-corrected chi connectivity index (χ4v) is 3.92. The van der Waals surface area contributed by atoms with Crippen LogP contribution in [-0.2, 0) is 9.59 Å².